The smallest absolute Gasteiger partial charge is 0.129 e. The Morgan fingerprint density at radius 3 is 2.50 bits per heavy atom. The second-order valence-corrected chi connectivity index (χ2v) is 6.49. The summed E-state index contributed by atoms with van der Waals surface area (Å²) in [6.07, 6.45) is 1.59. The van der Waals surface area contributed by atoms with Crippen LogP contribution in [0.5, 0.6) is 0 Å². The van der Waals surface area contributed by atoms with E-state index in [2.05, 4.69) is 14.8 Å². The van der Waals surface area contributed by atoms with Gasteiger partial charge in [0.2, 0.25) is 0 Å². The summed E-state index contributed by atoms with van der Waals surface area (Å²) in [6.45, 7) is 9.91. The third-order valence-electron chi connectivity index (χ3n) is 3.75. The van der Waals surface area contributed by atoms with Crippen LogP contribution in [0.2, 0.25) is 5.15 Å². The van der Waals surface area contributed by atoms with Crippen molar-refractivity contribution in [2.24, 2.45) is 0 Å². The second kappa shape index (κ2) is 8.79. The summed E-state index contributed by atoms with van der Waals surface area (Å²) in [7, 11) is 0. The van der Waals surface area contributed by atoms with Gasteiger partial charge in [-0.25, -0.2) is 4.98 Å². The zero-order chi connectivity index (χ0) is 15.9. The first-order chi connectivity index (χ1) is 10.5. The molecule has 22 heavy (non-hydrogen) atoms. The summed E-state index contributed by atoms with van der Waals surface area (Å²) in [5, 5.41) is 10.5. The lowest BCUT2D eigenvalue weighted by Crippen LogP contribution is -2.48. The predicted molar refractivity (Wildman–Crippen MR) is 88.1 cm³/mol. The second-order valence-electron chi connectivity index (χ2n) is 6.10. The lowest BCUT2D eigenvalue weighted by molar-refractivity contribution is -0.0148. The molecular weight excluding hydrogens is 302 g/mol. The topological polar surface area (TPSA) is 48.8 Å². The number of rotatable bonds is 7. The van der Waals surface area contributed by atoms with Crippen molar-refractivity contribution in [1.82, 2.24) is 14.8 Å². The van der Waals surface area contributed by atoms with E-state index in [4.69, 9.17) is 16.3 Å². The van der Waals surface area contributed by atoms with Crippen LogP contribution < -0.4 is 0 Å². The maximum Gasteiger partial charge on any atom is 0.129 e. The highest BCUT2D eigenvalue weighted by Crippen LogP contribution is 2.10. The van der Waals surface area contributed by atoms with Gasteiger partial charge in [-0.1, -0.05) is 17.7 Å². The van der Waals surface area contributed by atoms with E-state index in [9.17, 15) is 5.11 Å². The van der Waals surface area contributed by atoms with Gasteiger partial charge in [-0.05, 0) is 25.5 Å². The average molecular weight is 328 g/mol. The molecule has 0 bridgehead atoms. The van der Waals surface area contributed by atoms with Gasteiger partial charge in [-0.15, -0.1) is 0 Å². The molecule has 1 saturated heterocycles. The Labute approximate surface area is 137 Å². The Kier molecular flexibility index (Phi) is 7.05. The maximum absolute atomic E-state index is 9.98. The monoisotopic (exact) mass is 327 g/mol. The standard InChI is InChI=1S/C16H26ClN3O2/c1-13(2)22-12-15(21)11-20-7-5-19(6-8-20)10-14-3-4-16(17)18-9-14/h3-4,9,13,15,21H,5-8,10-12H2,1-2H3. The number of pyridine rings is 1. The zero-order valence-electron chi connectivity index (χ0n) is 13.4. The van der Waals surface area contributed by atoms with Crippen LogP contribution in [0.4, 0.5) is 0 Å². The third-order valence-corrected chi connectivity index (χ3v) is 3.97. The molecule has 1 N–H and O–H groups in total. The molecule has 1 aliphatic rings. The Morgan fingerprint density at radius 1 is 1.23 bits per heavy atom. The fourth-order valence-electron chi connectivity index (χ4n) is 2.54. The number of ether oxygens (including phenoxy) is 1. The van der Waals surface area contributed by atoms with Gasteiger partial charge in [0, 0.05) is 45.5 Å². The minimum Gasteiger partial charge on any atom is -0.389 e. The van der Waals surface area contributed by atoms with Crippen LogP contribution in [0.1, 0.15) is 19.4 Å². The minimum atomic E-state index is -0.408. The van der Waals surface area contributed by atoms with E-state index in [-0.39, 0.29) is 6.10 Å². The quantitative estimate of drug-likeness (QED) is 0.772. The van der Waals surface area contributed by atoms with Gasteiger partial charge in [-0.2, -0.15) is 0 Å². The van der Waals surface area contributed by atoms with Gasteiger partial charge in [0.05, 0.1) is 18.8 Å². The SMILES string of the molecule is CC(C)OCC(O)CN1CCN(Cc2ccc(Cl)nc2)CC1. The average Bonchev–Trinajstić information content (AvgIpc) is 2.49. The van der Waals surface area contributed by atoms with Crippen LogP contribution in [-0.2, 0) is 11.3 Å². The highest BCUT2D eigenvalue weighted by molar-refractivity contribution is 6.29. The van der Waals surface area contributed by atoms with E-state index < -0.39 is 6.10 Å². The lowest BCUT2D eigenvalue weighted by Gasteiger charge is -2.35. The molecule has 6 heteroatoms. The Morgan fingerprint density at radius 2 is 1.91 bits per heavy atom. The maximum atomic E-state index is 9.98. The van der Waals surface area contributed by atoms with Crippen molar-refractivity contribution in [3.8, 4) is 0 Å². The molecule has 1 aliphatic heterocycles. The first kappa shape index (κ1) is 17.6. The molecule has 1 fully saturated rings. The highest BCUT2D eigenvalue weighted by atomic mass is 35.5. The molecule has 0 amide bonds. The normalized spacial score (nSPS) is 18.8. The Hall–Kier alpha value is -0.720. The number of hydrogen-bond donors (Lipinski definition) is 1. The van der Waals surface area contributed by atoms with E-state index in [1.165, 1.54) is 5.56 Å². The van der Waals surface area contributed by atoms with E-state index in [0.29, 0.717) is 18.3 Å². The summed E-state index contributed by atoms with van der Waals surface area (Å²) in [6, 6.07) is 3.85. The number of aromatic nitrogens is 1. The van der Waals surface area contributed by atoms with E-state index in [1.54, 1.807) is 0 Å². The molecule has 0 aromatic carbocycles. The van der Waals surface area contributed by atoms with Crippen molar-refractivity contribution >= 4 is 11.6 Å². The van der Waals surface area contributed by atoms with E-state index >= 15 is 0 Å². The highest BCUT2D eigenvalue weighted by Gasteiger charge is 2.19. The molecule has 2 heterocycles. The van der Waals surface area contributed by atoms with Crippen LogP contribution in [0.3, 0.4) is 0 Å². The Bertz CT molecular complexity index is 434. The number of β-amino-alcohol motifs (C(OH)–C–C–N with tert-alkyl or cyclic N) is 1. The van der Waals surface area contributed by atoms with Crippen molar-refractivity contribution in [1.29, 1.82) is 0 Å². The number of nitrogens with zero attached hydrogens (tertiary/aromatic N) is 3. The van der Waals surface area contributed by atoms with Crippen molar-refractivity contribution in [3.05, 3.63) is 29.0 Å². The molecule has 2 rings (SSSR count). The molecule has 1 atom stereocenters. The van der Waals surface area contributed by atoms with Crippen LogP contribution >= 0.6 is 11.6 Å². The fraction of sp³-hybridized carbons (Fsp3) is 0.688. The summed E-state index contributed by atoms with van der Waals surface area (Å²) in [5.74, 6) is 0. The summed E-state index contributed by atoms with van der Waals surface area (Å²) >= 11 is 5.80. The van der Waals surface area contributed by atoms with Gasteiger partial charge in [0.1, 0.15) is 5.15 Å². The molecule has 0 spiro atoms. The van der Waals surface area contributed by atoms with Crippen LogP contribution in [0.15, 0.2) is 18.3 Å². The lowest BCUT2D eigenvalue weighted by atomic mass is 10.2. The summed E-state index contributed by atoms with van der Waals surface area (Å²) < 4.78 is 5.45. The van der Waals surface area contributed by atoms with E-state index in [0.717, 1.165) is 32.7 Å². The number of aliphatic hydroxyl groups is 1. The molecule has 5 nitrogen and oxygen atoms in total. The third kappa shape index (κ3) is 6.18. The first-order valence-corrected chi connectivity index (χ1v) is 8.25. The number of halogens is 1. The fourth-order valence-corrected chi connectivity index (χ4v) is 2.65. The molecule has 0 saturated carbocycles. The van der Waals surface area contributed by atoms with Crippen molar-refractivity contribution in [3.63, 3.8) is 0 Å². The minimum absolute atomic E-state index is 0.166. The first-order valence-electron chi connectivity index (χ1n) is 7.87. The van der Waals surface area contributed by atoms with Crippen LogP contribution in [0.25, 0.3) is 0 Å². The van der Waals surface area contributed by atoms with Gasteiger partial charge >= 0.3 is 0 Å². The van der Waals surface area contributed by atoms with E-state index in [1.807, 2.05) is 32.2 Å². The Balaban J connectivity index is 1.68. The molecule has 0 aliphatic carbocycles. The van der Waals surface area contributed by atoms with Crippen molar-refractivity contribution < 1.29 is 9.84 Å². The number of aliphatic hydroxyl groups excluding tert-OH is 1. The van der Waals surface area contributed by atoms with Gasteiger partial charge in [0.15, 0.2) is 0 Å². The predicted octanol–water partition coefficient (Wildman–Crippen LogP) is 1.64. The van der Waals surface area contributed by atoms with Crippen molar-refractivity contribution in [2.75, 3.05) is 39.3 Å². The van der Waals surface area contributed by atoms with Crippen LogP contribution in [0, 0.1) is 0 Å². The van der Waals surface area contributed by atoms with Crippen molar-refractivity contribution in [2.45, 2.75) is 32.6 Å². The largest absolute Gasteiger partial charge is 0.389 e. The summed E-state index contributed by atoms with van der Waals surface area (Å²) in [4.78, 5) is 8.81. The zero-order valence-corrected chi connectivity index (χ0v) is 14.2. The molecule has 1 aromatic rings. The van der Waals surface area contributed by atoms with Gasteiger partial charge in [-0.3, -0.25) is 9.80 Å². The van der Waals surface area contributed by atoms with Crippen LogP contribution in [-0.4, -0.2) is 71.4 Å². The molecular formula is C16H26ClN3O2. The number of piperazine rings is 1. The molecule has 1 unspecified atom stereocenters. The van der Waals surface area contributed by atoms with Gasteiger partial charge < -0.3 is 9.84 Å². The molecule has 0 radical (unpaired) electrons. The molecule has 1 aromatic heterocycles. The molecule has 124 valence electrons. The number of hydrogen-bond acceptors (Lipinski definition) is 5. The van der Waals surface area contributed by atoms with Gasteiger partial charge in [0.25, 0.3) is 0 Å². The summed E-state index contributed by atoms with van der Waals surface area (Å²) in [5.41, 5.74) is 1.18.